The number of carbonyl (C=O) groups excluding carboxylic acids is 2. The summed E-state index contributed by atoms with van der Waals surface area (Å²) < 4.78 is 38.1. The van der Waals surface area contributed by atoms with Crippen LogP contribution < -0.4 is 10.6 Å². The van der Waals surface area contributed by atoms with Crippen molar-refractivity contribution in [2.45, 2.75) is 46.0 Å². The molecule has 0 radical (unpaired) electrons. The third-order valence-corrected chi connectivity index (χ3v) is 3.22. The van der Waals surface area contributed by atoms with Crippen molar-refractivity contribution in [3.8, 4) is 0 Å². The van der Waals surface area contributed by atoms with Gasteiger partial charge in [0.2, 0.25) is 5.91 Å². The molecule has 0 saturated heterocycles. The summed E-state index contributed by atoms with van der Waals surface area (Å²) in [5.74, 6) is -0.302. The largest absolute Gasteiger partial charge is 0.416 e. The van der Waals surface area contributed by atoms with E-state index in [2.05, 4.69) is 10.6 Å². The fraction of sp³-hybridized carbons (Fsp3) is 0.529. The van der Waals surface area contributed by atoms with E-state index in [0.29, 0.717) is 12.1 Å². The molecule has 3 amide bonds. The fourth-order valence-corrected chi connectivity index (χ4v) is 2.11. The Kier molecular flexibility index (Phi) is 6.84. The Morgan fingerprint density at radius 2 is 1.80 bits per heavy atom. The van der Waals surface area contributed by atoms with Gasteiger partial charge >= 0.3 is 12.2 Å². The van der Waals surface area contributed by atoms with E-state index < -0.39 is 23.3 Å². The van der Waals surface area contributed by atoms with Crippen molar-refractivity contribution in [2.24, 2.45) is 0 Å². The Labute approximate surface area is 145 Å². The number of rotatable bonds is 5. The van der Waals surface area contributed by atoms with Gasteiger partial charge in [-0.25, -0.2) is 4.79 Å². The smallest absolute Gasteiger partial charge is 0.350 e. The number of nitrogens with one attached hydrogen (secondary N) is 2. The van der Waals surface area contributed by atoms with Crippen LogP contribution in [0.3, 0.4) is 0 Å². The van der Waals surface area contributed by atoms with E-state index in [0.717, 1.165) is 12.1 Å². The number of carbonyl (C=O) groups is 2. The zero-order valence-electron chi connectivity index (χ0n) is 14.8. The third-order valence-electron chi connectivity index (χ3n) is 3.22. The van der Waals surface area contributed by atoms with Crippen LogP contribution in [0.25, 0.3) is 0 Å². The number of likely N-dealkylation sites (N-methyl/N-ethyl adjacent to an activating group) is 1. The maximum absolute atomic E-state index is 12.7. The second-order valence-electron chi connectivity index (χ2n) is 6.67. The van der Waals surface area contributed by atoms with E-state index in [1.165, 1.54) is 17.0 Å². The lowest BCUT2D eigenvalue weighted by atomic mass is 10.1. The SMILES string of the molecule is CCN(CC(=O)NC(C)(C)C)C(=O)NCc1cccc(C(F)(F)F)c1. The first-order chi connectivity index (χ1) is 11.4. The second kappa shape index (κ2) is 8.22. The van der Waals surface area contributed by atoms with Crippen LogP contribution in [0.4, 0.5) is 18.0 Å². The minimum atomic E-state index is -4.43. The number of nitrogens with zero attached hydrogens (tertiary/aromatic N) is 1. The van der Waals surface area contributed by atoms with E-state index in [9.17, 15) is 22.8 Å². The molecule has 2 N–H and O–H groups in total. The first kappa shape index (κ1) is 20.8. The molecule has 0 unspecified atom stereocenters. The van der Waals surface area contributed by atoms with Gasteiger partial charge in [0.15, 0.2) is 0 Å². The zero-order valence-corrected chi connectivity index (χ0v) is 14.8. The van der Waals surface area contributed by atoms with Crippen molar-refractivity contribution in [3.05, 3.63) is 35.4 Å². The molecule has 0 saturated carbocycles. The van der Waals surface area contributed by atoms with Crippen LogP contribution in [-0.2, 0) is 17.5 Å². The molecule has 0 aliphatic carbocycles. The molecular weight excluding hydrogens is 335 g/mol. The van der Waals surface area contributed by atoms with Crippen LogP contribution in [0.2, 0.25) is 0 Å². The molecule has 0 spiro atoms. The molecule has 0 aliphatic rings. The van der Waals surface area contributed by atoms with Crippen LogP contribution in [-0.4, -0.2) is 35.5 Å². The number of halogens is 3. The average Bonchev–Trinajstić information content (AvgIpc) is 2.48. The topological polar surface area (TPSA) is 61.4 Å². The summed E-state index contributed by atoms with van der Waals surface area (Å²) in [6, 6.07) is 4.24. The van der Waals surface area contributed by atoms with Crippen molar-refractivity contribution in [1.82, 2.24) is 15.5 Å². The Morgan fingerprint density at radius 1 is 1.16 bits per heavy atom. The fourth-order valence-electron chi connectivity index (χ4n) is 2.11. The standard InChI is InChI=1S/C17H24F3N3O2/c1-5-23(11-14(24)22-16(2,3)4)15(25)21-10-12-7-6-8-13(9-12)17(18,19)20/h6-9H,5,10-11H2,1-4H3,(H,21,25)(H,22,24). The second-order valence-corrected chi connectivity index (χ2v) is 6.67. The lowest BCUT2D eigenvalue weighted by molar-refractivity contribution is -0.137. The summed E-state index contributed by atoms with van der Waals surface area (Å²) in [6.07, 6.45) is -4.43. The quantitative estimate of drug-likeness (QED) is 0.848. The summed E-state index contributed by atoms with van der Waals surface area (Å²) in [6.45, 7) is 7.32. The molecule has 140 valence electrons. The van der Waals surface area contributed by atoms with Crippen molar-refractivity contribution in [1.29, 1.82) is 0 Å². The van der Waals surface area contributed by atoms with Gasteiger partial charge in [-0.2, -0.15) is 13.2 Å². The number of hydrogen-bond donors (Lipinski definition) is 2. The molecule has 1 aromatic carbocycles. The monoisotopic (exact) mass is 359 g/mol. The van der Waals surface area contributed by atoms with Crippen LogP contribution in [0.1, 0.15) is 38.8 Å². The summed E-state index contributed by atoms with van der Waals surface area (Å²) in [4.78, 5) is 25.3. The van der Waals surface area contributed by atoms with Crippen LogP contribution in [0, 0.1) is 0 Å². The first-order valence-electron chi connectivity index (χ1n) is 7.92. The van der Waals surface area contributed by atoms with Crippen molar-refractivity contribution >= 4 is 11.9 Å². The molecule has 25 heavy (non-hydrogen) atoms. The molecular formula is C17H24F3N3O2. The summed E-state index contributed by atoms with van der Waals surface area (Å²) in [5.41, 5.74) is -0.847. The van der Waals surface area contributed by atoms with Crippen LogP contribution >= 0.6 is 0 Å². The van der Waals surface area contributed by atoms with Crippen LogP contribution in [0.5, 0.6) is 0 Å². The van der Waals surface area contributed by atoms with Crippen LogP contribution in [0.15, 0.2) is 24.3 Å². The summed E-state index contributed by atoms with van der Waals surface area (Å²) >= 11 is 0. The van der Waals surface area contributed by atoms with Gasteiger partial charge in [-0.05, 0) is 45.4 Å². The summed E-state index contributed by atoms with van der Waals surface area (Å²) in [7, 11) is 0. The average molecular weight is 359 g/mol. The van der Waals surface area contributed by atoms with Gasteiger partial charge in [-0.3, -0.25) is 4.79 Å². The Morgan fingerprint density at radius 3 is 2.32 bits per heavy atom. The molecule has 0 aliphatic heterocycles. The molecule has 1 aromatic rings. The van der Waals surface area contributed by atoms with Gasteiger partial charge in [0.05, 0.1) is 5.56 Å². The highest BCUT2D eigenvalue weighted by molar-refractivity contribution is 5.84. The number of hydrogen-bond acceptors (Lipinski definition) is 2. The maximum Gasteiger partial charge on any atom is 0.416 e. The van der Waals surface area contributed by atoms with E-state index >= 15 is 0 Å². The number of amides is 3. The predicted molar refractivity (Wildman–Crippen MR) is 88.8 cm³/mol. The normalized spacial score (nSPS) is 11.8. The Balaban J connectivity index is 2.64. The molecule has 1 rings (SSSR count). The minimum Gasteiger partial charge on any atom is -0.350 e. The Hall–Kier alpha value is -2.25. The molecule has 0 bridgehead atoms. The summed E-state index contributed by atoms with van der Waals surface area (Å²) in [5, 5.41) is 5.29. The molecule has 5 nitrogen and oxygen atoms in total. The van der Waals surface area contributed by atoms with Gasteiger partial charge in [-0.15, -0.1) is 0 Å². The van der Waals surface area contributed by atoms with E-state index in [1.807, 2.05) is 20.8 Å². The lowest BCUT2D eigenvalue weighted by Gasteiger charge is -2.25. The first-order valence-corrected chi connectivity index (χ1v) is 7.92. The van der Waals surface area contributed by atoms with Gasteiger partial charge < -0.3 is 15.5 Å². The third kappa shape index (κ3) is 7.45. The minimum absolute atomic E-state index is 0.0554. The number of alkyl halides is 3. The highest BCUT2D eigenvalue weighted by Gasteiger charge is 2.30. The number of benzene rings is 1. The van der Waals surface area contributed by atoms with Gasteiger partial charge in [0.1, 0.15) is 6.54 Å². The highest BCUT2D eigenvalue weighted by Crippen LogP contribution is 2.29. The zero-order chi connectivity index (χ0) is 19.3. The molecule has 0 fully saturated rings. The van der Waals surface area contributed by atoms with Gasteiger partial charge in [0, 0.05) is 18.6 Å². The molecule has 0 aromatic heterocycles. The molecule has 8 heteroatoms. The molecule has 0 heterocycles. The lowest BCUT2D eigenvalue weighted by Crippen LogP contribution is -2.49. The predicted octanol–water partition coefficient (Wildman–Crippen LogP) is 3.15. The van der Waals surface area contributed by atoms with Gasteiger partial charge in [0.25, 0.3) is 0 Å². The van der Waals surface area contributed by atoms with E-state index in [-0.39, 0.29) is 19.0 Å². The maximum atomic E-state index is 12.7. The van der Waals surface area contributed by atoms with E-state index in [4.69, 9.17) is 0 Å². The van der Waals surface area contributed by atoms with Crippen molar-refractivity contribution < 1.29 is 22.8 Å². The van der Waals surface area contributed by atoms with Gasteiger partial charge in [-0.1, -0.05) is 12.1 Å². The number of urea groups is 1. The Bertz CT molecular complexity index is 610. The molecule has 0 atom stereocenters. The van der Waals surface area contributed by atoms with Crippen molar-refractivity contribution in [2.75, 3.05) is 13.1 Å². The van der Waals surface area contributed by atoms with Crippen molar-refractivity contribution in [3.63, 3.8) is 0 Å². The highest BCUT2D eigenvalue weighted by atomic mass is 19.4. The van der Waals surface area contributed by atoms with E-state index in [1.54, 1.807) is 6.92 Å².